The molecule has 0 atom stereocenters. The lowest BCUT2D eigenvalue weighted by Crippen LogP contribution is -2.07. The van der Waals surface area contributed by atoms with E-state index in [9.17, 15) is 0 Å². The Morgan fingerprint density at radius 3 is 2.57 bits per heavy atom. The van der Waals surface area contributed by atoms with E-state index in [-0.39, 0.29) is 0 Å². The zero-order valence-electron chi connectivity index (χ0n) is 12.0. The van der Waals surface area contributed by atoms with E-state index in [1.807, 2.05) is 10.7 Å². The van der Waals surface area contributed by atoms with Gasteiger partial charge in [0.2, 0.25) is 0 Å². The molecule has 3 nitrogen and oxygen atoms in total. The number of ether oxygens (including phenoxy) is 1. The van der Waals surface area contributed by atoms with Crippen LogP contribution in [0.2, 0.25) is 0 Å². The minimum atomic E-state index is 0.494. The average Bonchev–Trinajstić information content (AvgIpc) is 2.81. The first-order chi connectivity index (χ1) is 10.1. The maximum absolute atomic E-state index is 5.95. The number of halogens is 3. The second kappa shape index (κ2) is 7.79. The van der Waals surface area contributed by atoms with Gasteiger partial charge in [-0.25, -0.2) is 0 Å². The Hall–Kier alpha value is -0.330. The van der Waals surface area contributed by atoms with Crippen molar-refractivity contribution in [2.75, 3.05) is 0 Å². The number of rotatable bonds is 6. The van der Waals surface area contributed by atoms with Crippen molar-refractivity contribution in [1.82, 2.24) is 9.78 Å². The van der Waals surface area contributed by atoms with Crippen LogP contribution in [0.1, 0.15) is 30.8 Å². The third-order valence-electron chi connectivity index (χ3n) is 3.21. The number of hydrogen-bond donors (Lipinski definition) is 0. The Kier molecular flexibility index (Phi) is 6.32. The van der Waals surface area contributed by atoms with Gasteiger partial charge in [-0.05, 0) is 62.9 Å². The molecule has 0 aliphatic carbocycles. The van der Waals surface area contributed by atoms with Gasteiger partial charge in [0.15, 0.2) is 0 Å². The molecular formula is C15H17Br3N2O. The number of aromatic nitrogens is 2. The molecule has 0 spiro atoms. The average molecular weight is 481 g/mol. The van der Waals surface area contributed by atoms with Gasteiger partial charge in [-0.3, -0.25) is 4.68 Å². The van der Waals surface area contributed by atoms with Gasteiger partial charge in [-0.2, -0.15) is 5.10 Å². The van der Waals surface area contributed by atoms with Crippen molar-refractivity contribution >= 4 is 47.8 Å². The molecule has 2 rings (SSSR count). The highest BCUT2D eigenvalue weighted by Gasteiger charge is 2.15. The topological polar surface area (TPSA) is 27.1 Å². The fourth-order valence-electron chi connectivity index (χ4n) is 2.05. The van der Waals surface area contributed by atoms with Crippen LogP contribution in [0, 0.1) is 0 Å². The summed E-state index contributed by atoms with van der Waals surface area (Å²) in [6.45, 7) is 5.52. The molecule has 1 heterocycles. The van der Waals surface area contributed by atoms with Gasteiger partial charge in [-0.15, -0.1) is 0 Å². The van der Waals surface area contributed by atoms with Gasteiger partial charge in [-0.1, -0.05) is 28.9 Å². The number of hydrogen-bond acceptors (Lipinski definition) is 2. The smallest absolute Gasteiger partial charge is 0.134 e. The van der Waals surface area contributed by atoms with E-state index in [1.54, 1.807) is 0 Å². The third kappa shape index (κ3) is 3.90. The van der Waals surface area contributed by atoms with Crippen molar-refractivity contribution in [2.24, 2.45) is 0 Å². The predicted octanol–water partition coefficient (Wildman–Crippen LogP) is 5.46. The molecular weight excluding hydrogens is 464 g/mol. The van der Waals surface area contributed by atoms with Crippen LogP contribution in [-0.4, -0.2) is 9.78 Å². The molecule has 6 heteroatoms. The molecule has 0 radical (unpaired) electrons. The zero-order chi connectivity index (χ0) is 15.4. The Balaban J connectivity index is 2.18. The largest absolute Gasteiger partial charge is 0.486 e. The Morgan fingerprint density at radius 2 is 2.00 bits per heavy atom. The van der Waals surface area contributed by atoms with E-state index in [2.05, 4.69) is 78.9 Å². The second-order valence-corrected chi connectivity index (χ2v) is 6.77. The number of aryl methyl sites for hydroxylation is 2. The van der Waals surface area contributed by atoms with E-state index in [4.69, 9.17) is 4.74 Å². The summed E-state index contributed by atoms with van der Waals surface area (Å²) >= 11 is 10.6. The zero-order valence-corrected chi connectivity index (χ0v) is 16.8. The molecule has 114 valence electrons. The summed E-state index contributed by atoms with van der Waals surface area (Å²) in [6, 6.07) is 6.11. The van der Waals surface area contributed by atoms with Gasteiger partial charge in [0.1, 0.15) is 12.4 Å². The monoisotopic (exact) mass is 478 g/mol. The van der Waals surface area contributed by atoms with Crippen molar-refractivity contribution in [3.8, 4) is 5.75 Å². The summed E-state index contributed by atoms with van der Waals surface area (Å²) in [5.74, 6) is 0.841. The first-order valence-electron chi connectivity index (χ1n) is 6.81. The van der Waals surface area contributed by atoms with Gasteiger partial charge >= 0.3 is 0 Å². The molecule has 0 aliphatic rings. The molecule has 1 aromatic carbocycles. The van der Waals surface area contributed by atoms with E-state index in [0.717, 1.165) is 44.4 Å². The predicted molar refractivity (Wildman–Crippen MR) is 96.1 cm³/mol. The Labute approximate surface area is 150 Å². The van der Waals surface area contributed by atoms with Crippen LogP contribution in [0.3, 0.4) is 0 Å². The molecule has 0 aliphatic heterocycles. The number of alkyl halides is 1. The second-order valence-electron chi connectivity index (χ2n) is 4.56. The maximum Gasteiger partial charge on any atom is 0.134 e. The van der Waals surface area contributed by atoms with Gasteiger partial charge in [0, 0.05) is 11.9 Å². The number of benzene rings is 1. The molecule has 0 fully saturated rings. The quantitative estimate of drug-likeness (QED) is 0.513. The maximum atomic E-state index is 5.95. The first-order valence-corrected chi connectivity index (χ1v) is 9.52. The van der Waals surface area contributed by atoms with Crippen LogP contribution in [0.5, 0.6) is 5.75 Å². The molecule has 21 heavy (non-hydrogen) atoms. The van der Waals surface area contributed by atoms with E-state index in [0.29, 0.717) is 6.61 Å². The van der Waals surface area contributed by atoms with E-state index in [1.165, 1.54) is 5.56 Å². The lowest BCUT2D eigenvalue weighted by molar-refractivity contribution is 0.290. The van der Waals surface area contributed by atoms with Crippen molar-refractivity contribution in [2.45, 2.75) is 38.8 Å². The van der Waals surface area contributed by atoms with Gasteiger partial charge in [0.25, 0.3) is 0 Å². The summed E-state index contributed by atoms with van der Waals surface area (Å²) in [6.07, 6.45) is 0.907. The normalized spacial score (nSPS) is 10.9. The molecule has 0 unspecified atom stereocenters. The molecule has 0 saturated carbocycles. The van der Waals surface area contributed by atoms with Crippen LogP contribution in [0.25, 0.3) is 0 Å². The SMILES string of the molecule is CCc1nn(CC)c(COc2ccc(CBr)cc2Br)c1Br. The highest BCUT2D eigenvalue weighted by atomic mass is 79.9. The molecule has 0 bridgehead atoms. The summed E-state index contributed by atoms with van der Waals surface area (Å²) in [4.78, 5) is 0. The van der Waals surface area contributed by atoms with E-state index >= 15 is 0 Å². The minimum Gasteiger partial charge on any atom is -0.486 e. The van der Waals surface area contributed by atoms with Crippen LogP contribution in [0.4, 0.5) is 0 Å². The lowest BCUT2D eigenvalue weighted by atomic mass is 10.2. The van der Waals surface area contributed by atoms with Crippen molar-refractivity contribution in [3.63, 3.8) is 0 Å². The molecule has 2 aromatic rings. The van der Waals surface area contributed by atoms with Crippen LogP contribution in [-0.2, 0) is 24.9 Å². The number of nitrogens with zero attached hydrogens (tertiary/aromatic N) is 2. The minimum absolute atomic E-state index is 0.494. The Morgan fingerprint density at radius 1 is 1.24 bits per heavy atom. The highest BCUT2D eigenvalue weighted by Crippen LogP contribution is 2.29. The summed E-state index contributed by atoms with van der Waals surface area (Å²) in [5, 5.41) is 5.41. The summed E-state index contributed by atoms with van der Waals surface area (Å²) in [7, 11) is 0. The molecule has 0 amide bonds. The fraction of sp³-hybridized carbons (Fsp3) is 0.400. The van der Waals surface area contributed by atoms with Gasteiger partial charge < -0.3 is 4.74 Å². The highest BCUT2D eigenvalue weighted by molar-refractivity contribution is 9.11. The third-order valence-corrected chi connectivity index (χ3v) is 5.39. The summed E-state index contributed by atoms with van der Waals surface area (Å²) < 4.78 is 9.96. The van der Waals surface area contributed by atoms with Crippen LogP contribution < -0.4 is 4.74 Å². The van der Waals surface area contributed by atoms with Crippen LogP contribution in [0.15, 0.2) is 27.1 Å². The van der Waals surface area contributed by atoms with Gasteiger partial charge in [0.05, 0.1) is 20.3 Å². The lowest BCUT2D eigenvalue weighted by Gasteiger charge is -2.10. The van der Waals surface area contributed by atoms with E-state index < -0.39 is 0 Å². The van der Waals surface area contributed by atoms with Crippen LogP contribution >= 0.6 is 47.8 Å². The first kappa shape index (κ1) is 17.0. The molecule has 0 N–H and O–H groups in total. The summed E-state index contributed by atoms with van der Waals surface area (Å²) in [5.41, 5.74) is 3.36. The van der Waals surface area contributed by atoms with Crippen molar-refractivity contribution < 1.29 is 4.74 Å². The Bertz CT molecular complexity index is 626. The fourth-order valence-corrected chi connectivity index (χ4v) is 3.61. The molecule has 0 saturated heterocycles. The molecule has 1 aromatic heterocycles. The van der Waals surface area contributed by atoms with Crippen molar-refractivity contribution in [3.05, 3.63) is 44.1 Å². The van der Waals surface area contributed by atoms with Crippen molar-refractivity contribution in [1.29, 1.82) is 0 Å². The standard InChI is InChI=1S/C15H17Br3N2O/c1-3-12-15(18)13(20(4-2)19-12)9-21-14-6-5-10(8-16)7-11(14)17/h5-7H,3-4,8-9H2,1-2H3.